The van der Waals surface area contributed by atoms with Gasteiger partial charge in [-0.2, -0.15) is 9.98 Å². The van der Waals surface area contributed by atoms with Crippen molar-refractivity contribution in [2.24, 2.45) is 9.98 Å². The number of hydrogen-bond acceptors (Lipinski definition) is 4. The van der Waals surface area contributed by atoms with Gasteiger partial charge < -0.3 is 0 Å². The van der Waals surface area contributed by atoms with Gasteiger partial charge in [-0.15, -0.1) is 0 Å². The molecule has 0 amide bonds. The SMILES string of the molecule is Cc1ccc(N=C=S)cc1N=C=O. The van der Waals surface area contributed by atoms with Crippen molar-refractivity contribution < 1.29 is 4.79 Å². The van der Waals surface area contributed by atoms with Crippen molar-refractivity contribution in [1.29, 1.82) is 0 Å². The van der Waals surface area contributed by atoms with E-state index < -0.39 is 0 Å². The maximum atomic E-state index is 10.0. The molecule has 0 radical (unpaired) electrons. The Hall–Kier alpha value is -1.60. The molecule has 0 N–H and O–H groups in total. The molecule has 0 atom stereocenters. The summed E-state index contributed by atoms with van der Waals surface area (Å²) in [7, 11) is 0. The Morgan fingerprint density at radius 1 is 1.38 bits per heavy atom. The van der Waals surface area contributed by atoms with Crippen LogP contribution < -0.4 is 0 Å². The summed E-state index contributed by atoms with van der Waals surface area (Å²) in [6.07, 6.45) is 1.48. The number of aliphatic imine (C=N–C) groups is 2. The van der Waals surface area contributed by atoms with Gasteiger partial charge in [-0.25, -0.2) is 4.79 Å². The van der Waals surface area contributed by atoms with Crippen LogP contribution in [0.5, 0.6) is 0 Å². The van der Waals surface area contributed by atoms with Crippen molar-refractivity contribution in [2.45, 2.75) is 6.92 Å². The molecule has 0 unspecified atom stereocenters. The van der Waals surface area contributed by atoms with Gasteiger partial charge in [0.1, 0.15) is 0 Å². The van der Waals surface area contributed by atoms with E-state index in [9.17, 15) is 4.79 Å². The Morgan fingerprint density at radius 2 is 2.15 bits per heavy atom. The summed E-state index contributed by atoms with van der Waals surface area (Å²) in [6.45, 7) is 1.85. The average molecular weight is 190 g/mol. The third kappa shape index (κ3) is 2.42. The van der Waals surface area contributed by atoms with Crippen molar-refractivity contribution in [3.05, 3.63) is 23.8 Å². The van der Waals surface area contributed by atoms with E-state index in [1.54, 1.807) is 12.1 Å². The van der Waals surface area contributed by atoms with Gasteiger partial charge in [-0.3, -0.25) is 0 Å². The first-order valence-electron chi connectivity index (χ1n) is 3.54. The Balaban J connectivity index is 3.25. The lowest BCUT2D eigenvalue weighted by Crippen LogP contribution is -1.73. The molecule has 13 heavy (non-hydrogen) atoms. The minimum absolute atomic E-state index is 0.557. The van der Waals surface area contributed by atoms with Gasteiger partial charge in [0.05, 0.1) is 16.5 Å². The number of carbonyl (C=O) groups excluding carboxylic acids is 1. The van der Waals surface area contributed by atoms with Crippen LogP contribution in [-0.4, -0.2) is 11.2 Å². The summed E-state index contributed by atoms with van der Waals surface area (Å²) in [6, 6.07) is 5.24. The molecule has 0 aliphatic rings. The summed E-state index contributed by atoms with van der Waals surface area (Å²) in [5.74, 6) is 0. The molecule has 0 aliphatic heterocycles. The largest absolute Gasteiger partial charge is 0.240 e. The first kappa shape index (κ1) is 9.49. The van der Waals surface area contributed by atoms with Crippen LogP contribution in [0, 0.1) is 6.92 Å². The molecule has 4 heteroatoms. The van der Waals surface area contributed by atoms with E-state index in [4.69, 9.17) is 0 Å². The summed E-state index contributed by atoms with van der Waals surface area (Å²) in [5, 5.41) is 2.24. The normalized spacial score (nSPS) is 8.38. The summed E-state index contributed by atoms with van der Waals surface area (Å²) in [5.41, 5.74) is 2.09. The third-order valence-corrected chi connectivity index (χ3v) is 1.62. The van der Waals surface area contributed by atoms with Crippen molar-refractivity contribution >= 4 is 34.8 Å². The fourth-order valence-electron chi connectivity index (χ4n) is 0.890. The smallest absolute Gasteiger partial charge is 0.211 e. The Kier molecular flexibility index (Phi) is 3.23. The highest BCUT2D eigenvalue weighted by Crippen LogP contribution is 2.23. The van der Waals surface area contributed by atoms with Crippen LogP contribution in [0.15, 0.2) is 28.2 Å². The molecule has 64 valence electrons. The zero-order chi connectivity index (χ0) is 9.68. The predicted octanol–water partition coefficient (Wildman–Crippen LogP) is 2.70. The second-order valence-electron chi connectivity index (χ2n) is 2.38. The van der Waals surface area contributed by atoms with Crippen molar-refractivity contribution in [1.82, 2.24) is 0 Å². The van der Waals surface area contributed by atoms with Crippen molar-refractivity contribution in [2.75, 3.05) is 0 Å². The number of isocyanates is 1. The van der Waals surface area contributed by atoms with Crippen molar-refractivity contribution in [3.8, 4) is 0 Å². The standard InChI is InChI=1S/C9H6N2OS/c1-7-2-3-8(11-6-13)4-9(7)10-5-12/h2-4H,1H3. The quantitative estimate of drug-likeness (QED) is 0.408. The minimum Gasteiger partial charge on any atom is -0.211 e. The summed E-state index contributed by atoms with van der Waals surface area (Å²) >= 11 is 4.45. The van der Waals surface area contributed by atoms with Gasteiger partial charge in [-0.05, 0) is 36.8 Å². The first-order chi connectivity index (χ1) is 6.27. The van der Waals surface area contributed by atoms with Crippen LogP contribution >= 0.6 is 12.2 Å². The van der Waals surface area contributed by atoms with E-state index >= 15 is 0 Å². The number of rotatable bonds is 2. The van der Waals surface area contributed by atoms with Gasteiger partial charge >= 0.3 is 0 Å². The van der Waals surface area contributed by atoms with Crippen LogP contribution in [0.2, 0.25) is 0 Å². The monoisotopic (exact) mass is 190 g/mol. The van der Waals surface area contributed by atoms with Gasteiger partial charge in [-0.1, -0.05) is 6.07 Å². The second-order valence-corrected chi connectivity index (χ2v) is 2.56. The lowest BCUT2D eigenvalue weighted by atomic mass is 10.2. The van der Waals surface area contributed by atoms with Crippen LogP contribution in [-0.2, 0) is 4.79 Å². The number of benzene rings is 1. The highest BCUT2D eigenvalue weighted by Gasteiger charge is 1.97. The zero-order valence-corrected chi connectivity index (χ0v) is 7.76. The number of thiocarbonyl (C=S) groups is 1. The van der Waals surface area contributed by atoms with E-state index in [0.717, 1.165) is 5.56 Å². The Labute approximate surface area is 80.8 Å². The molecule has 0 bridgehead atoms. The van der Waals surface area contributed by atoms with E-state index in [1.165, 1.54) is 6.08 Å². The van der Waals surface area contributed by atoms with Crippen LogP contribution in [0.1, 0.15) is 5.56 Å². The molecule has 0 fully saturated rings. The molecular formula is C9H6N2OS. The first-order valence-corrected chi connectivity index (χ1v) is 3.95. The van der Waals surface area contributed by atoms with E-state index in [0.29, 0.717) is 11.4 Å². The molecule has 1 aromatic rings. The molecule has 0 heterocycles. The summed E-state index contributed by atoms with van der Waals surface area (Å²) < 4.78 is 0. The van der Waals surface area contributed by atoms with Gasteiger partial charge in [0.25, 0.3) is 0 Å². The Bertz CT molecular complexity index is 416. The molecule has 1 aromatic carbocycles. The molecule has 1 rings (SSSR count). The molecule has 0 spiro atoms. The van der Waals surface area contributed by atoms with E-state index in [-0.39, 0.29) is 0 Å². The topological polar surface area (TPSA) is 41.8 Å². The average Bonchev–Trinajstić information content (AvgIpc) is 2.12. The van der Waals surface area contributed by atoms with Gasteiger partial charge in [0.15, 0.2) is 0 Å². The highest BCUT2D eigenvalue weighted by atomic mass is 32.1. The molecule has 3 nitrogen and oxygen atoms in total. The van der Waals surface area contributed by atoms with Gasteiger partial charge in [0.2, 0.25) is 6.08 Å². The number of isothiocyanates is 1. The van der Waals surface area contributed by atoms with Crippen LogP contribution in [0.25, 0.3) is 0 Å². The Morgan fingerprint density at radius 3 is 2.77 bits per heavy atom. The minimum atomic E-state index is 0.557. The molecular weight excluding hydrogens is 184 g/mol. The second kappa shape index (κ2) is 4.43. The molecule has 0 saturated carbocycles. The lowest BCUT2D eigenvalue weighted by Gasteiger charge is -1.97. The molecule has 0 aliphatic carbocycles. The molecule has 0 saturated heterocycles. The molecule has 0 aromatic heterocycles. The van der Waals surface area contributed by atoms with Crippen LogP contribution in [0.4, 0.5) is 11.4 Å². The fourth-order valence-corrected chi connectivity index (χ4v) is 0.995. The fraction of sp³-hybridized carbons (Fsp3) is 0.111. The van der Waals surface area contributed by atoms with E-state index in [2.05, 4.69) is 27.4 Å². The maximum absolute atomic E-state index is 10.0. The predicted molar refractivity (Wildman–Crippen MR) is 53.6 cm³/mol. The van der Waals surface area contributed by atoms with Crippen LogP contribution in [0.3, 0.4) is 0 Å². The van der Waals surface area contributed by atoms with Gasteiger partial charge in [0, 0.05) is 0 Å². The number of aryl methyl sites for hydroxylation is 1. The zero-order valence-electron chi connectivity index (χ0n) is 6.94. The third-order valence-electron chi connectivity index (χ3n) is 1.53. The van der Waals surface area contributed by atoms with Crippen molar-refractivity contribution in [3.63, 3.8) is 0 Å². The highest BCUT2D eigenvalue weighted by molar-refractivity contribution is 7.78. The number of hydrogen-bond donors (Lipinski definition) is 0. The lowest BCUT2D eigenvalue weighted by molar-refractivity contribution is 0.565. The van der Waals surface area contributed by atoms with E-state index in [1.807, 2.05) is 13.0 Å². The number of nitrogens with zero attached hydrogens (tertiary/aromatic N) is 2. The maximum Gasteiger partial charge on any atom is 0.240 e. The summed E-state index contributed by atoms with van der Waals surface area (Å²) in [4.78, 5) is 17.3.